The van der Waals surface area contributed by atoms with Crippen molar-refractivity contribution in [2.24, 2.45) is 0 Å². The highest BCUT2D eigenvalue weighted by Crippen LogP contribution is 2.37. The molecular weight excluding hydrogens is 345 g/mol. The van der Waals surface area contributed by atoms with Gasteiger partial charge in [0.1, 0.15) is 6.54 Å². The highest BCUT2D eigenvalue weighted by Gasteiger charge is 2.37. The van der Waals surface area contributed by atoms with Crippen molar-refractivity contribution in [2.75, 3.05) is 11.4 Å². The molecule has 1 heterocycles. The Morgan fingerprint density at radius 2 is 1.83 bits per heavy atom. The van der Waals surface area contributed by atoms with E-state index in [9.17, 15) is 13.2 Å². The minimum absolute atomic E-state index is 0.0472. The van der Waals surface area contributed by atoms with Crippen LogP contribution >= 0.6 is 23.8 Å². The molecule has 2 aromatic rings. The SMILES string of the molecule is FC(F)(F)CN1C(=S)NC(c2ccccc2)c2cc(Cl)ccc21. The molecule has 1 aliphatic rings. The molecule has 0 aliphatic carbocycles. The fourth-order valence-electron chi connectivity index (χ4n) is 2.64. The van der Waals surface area contributed by atoms with Crippen LogP contribution in [0, 0.1) is 0 Å². The molecule has 0 spiro atoms. The fraction of sp³-hybridized carbons (Fsp3) is 0.188. The van der Waals surface area contributed by atoms with Gasteiger partial charge in [-0.05, 0) is 36.0 Å². The molecule has 0 amide bonds. The Labute approximate surface area is 141 Å². The molecule has 1 unspecified atom stereocenters. The summed E-state index contributed by atoms with van der Waals surface area (Å²) in [6.07, 6.45) is -4.36. The summed E-state index contributed by atoms with van der Waals surface area (Å²) in [6, 6.07) is 13.9. The molecule has 1 N–H and O–H groups in total. The lowest BCUT2D eigenvalue weighted by atomic mass is 9.95. The van der Waals surface area contributed by atoms with E-state index in [-0.39, 0.29) is 11.2 Å². The quantitative estimate of drug-likeness (QED) is 0.786. The molecule has 0 radical (unpaired) electrons. The van der Waals surface area contributed by atoms with Crippen molar-refractivity contribution < 1.29 is 13.2 Å². The first-order chi connectivity index (χ1) is 10.8. The summed E-state index contributed by atoms with van der Waals surface area (Å²) < 4.78 is 38.6. The molecule has 0 fully saturated rings. The van der Waals surface area contributed by atoms with E-state index in [1.54, 1.807) is 18.2 Å². The van der Waals surface area contributed by atoms with E-state index < -0.39 is 12.7 Å². The first-order valence-electron chi connectivity index (χ1n) is 6.84. The fourth-order valence-corrected chi connectivity index (χ4v) is 3.10. The van der Waals surface area contributed by atoms with Crippen molar-refractivity contribution >= 4 is 34.6 Å². The molecule has 2 nitrogen and oxygen atoms in total. The highest BCUT2D eigenvalue weighted by atomic mass is 35.5. The molecule has 0 saturated heterocycles. The number of rotatable bonds is 2. The first-order valence-corrected chi connectivity index (χ1v) is 7.63. The van der Waals surface area contributed by atoms with E-state index in [2.05, 4.69) is 5.32 Å². The zero-order chi connectivity index (χ0) is 16.6. The maximum Gasteiger partial charge on any atom is 0.406 e. The molecule has 120 valence electrons. The average Bonchev–Trinajstić information content (AvgIpc) is 2.49. The van der Waals surface area contributed by atoms with Gasteiger partial charge in [-0.2, -0.15) is 13.2 Å². The highest BCUT2D eigenvalue weighted by molar-refractivity contribution is 7.80. The van der Waals surface area contributed by atoms with E-state index in [0.29, 0.717) is 16.3 Å². The van der Waals surface area contributed by atoms with Gasteiger partial charge in [-0.25, -0.2) is 0 Å². The third kappa shape index (κ3) is 3.43. The largest absolute Gasteiger partial charge is 0.406 e. The number of thiocarbonyl (C=S) groups is 1. The van der Waals surface area contributed by atoms with Crippen LogP contribution in [0.1, 0.15) is 17.2 Å². The lowest BCUT2D eigenvalue weighted by molar-refractivity contribution is -0.118. The molecule has 0 saturated carbocycles. The molecular formula is C16H12ClF3N2S. The second kappa shape index (κ2) is 6.02. The van der Waals surface area contributed by atoms with Crippen LogP contribution in [0.5, 0.6) is 0 Å². The Morgan fingerprint density at radius 1 is 1.13 bits per heavy atom. The molecule has 1 atom stereocenters. The Hall–Kier alpha value is -1.79. The van der Waals surface area contributed by atoms with Gasteiger partial charge in [-0.1, -0.05) is 41.9 Å². The maximum absolute atomic E-state index is 12.9. The number of nitrogens with zero attached hydrogens (tertiary/aromatic N) is 1. The Bertz CT molecular complexity index is 734. The lowest BCUT2D eigenvalue weighted by Crippen LogP contribution is -2.50. The van der Waals surface area contributed by atoms with E-state index in [0.717, 1.165) is 10.5 Å². The number of hydrogen-bond acceptors (Lipinski definition) is 1. The second-order valence-corrected chi connectivity index (χ2v) is 6.02. The van der Waals surface area contributed by atoms with Crippen LogP contribution in [0.4, 0.5) is 18.9 Å². The lowest BCUT2D eigenvalue weighted by Gasteiger charge is -2.38. The third-order valence-electron chi connectivity index (χ3n) is 3.57. The van der Waals surface area contributed by atoms with Gasteiger partial charge in [0.15, 0.2) is 5.11 Å². The van der Waals surface area contributed by atoms with Gasteiger partial charge in [0.05, 0.1) is 6.04 Å². The summed E-state index contributed by atoms with van der Waals surface area (Å²) in [5, 5.41) is 3.50. The van der Waals surface area contributed by atoms with Crippen LogP contribution in [0.15, 0.2) is 48.5 Å². The minimum atomic E-state index is -4.36. The number of halogens is 4. The van der Waals surface area contributed by atoms with Crippen molar-refractivity contribution in [3.05, 3.63) is 64.7 Å². The maximum atomic E-state index is 12.9. The van der Waals surface area contributed by atoms with Crippen LogP contribution in [0.3, 0.4) is 0 Å². The van der Waals surface area contributed by atoms with Gasteiger partial charge < -0.3 is 10.2 Å². The monoisotopic (exact) mass is 356 g/mol. The normalized spacial score (nSPS) is 17.7. The van der Waals surface area contributed by atoms with Crippen molar-refractivity contribution in [1.29, 1.82) is 0 Å². The molecule has 7 heteroatoms. The second-order valence-electron chi connectivity index (χ2n) is 5.20. The summed E-state index contributed by atoms with van der Waals surface area (Å²) in [4.78, 5) is 1.06. The zero-order valence-electron chi connectivity index (χ0n) is 11.8. The van der Waals surface area contributed by atoms with Gasteiger partial charge in [-0.15, -0.1) is 0 Å². The molecule has 2 aromatic carbocycles. The van der Waals surface area contributed by atoms with E-state index in [1.165, 1.54) is 0 Å². The van der Waals surface area contributed by atoms with Gasteiger partial charge in [-0.3, -0.25) is 0 Å². The average molecular weight is 357 g/mol. The van der Waals surface area contributed by atoms with Gasteiger partial charge in [0.25, 0.3) is 0 Å². The smallest absolute Gasteiger partial charge is 0.351 e. The first kappa shape index (κ1) is 16.1. The van der Waals surface area contributed by atoms with Gasteiger partial charge >= 0.3 is 6.18 Å². The van der Waals surface area contributed by atoms with Crippen molar-refractivity contribution in [3.63, 3.8) is 0 Å². The van der Waals surface area contributed by atoms with Crippen LogP contribution in [-0.2, 0) is 0 Å². The predicted octanol–water partition coefficient (Wildman–Crippen LogP) is 4.69. The molecule has 23 heavy (non-hydrogen) atoms. The van der Waals surface area contributed by atoms with Crippen LogP contribution in [0.25, 0.3) is 0 Å². The third-order valence-corrected chi connectivity index (χ3v) is 4.15. The van der Waals surface area contributed by atoms with Crippen molar-refractivity contribution in [3.8, 4) is 0 Å². The van der Waals surface area contributed by atoms with E-state index >= 15 is 0 Å². The number of alkyl halides is 3. The zero-order valence-corrected chi connectivity index (χ0v) is 13.3. The number of hydrogen-bond donors (Lipinski definition) is 1. The molecule has 1 aliphatic heterocycles. The summed E-state index contributed by atoms with van der Waals surface area (Å²) in [5.41, 5.74) is 2.00. The minimum Gasteiger partial charge on any atom is -0.351 e. The van der Waals surface area contributed by atoms with E-state index in [4.69, 9.17) is 23.8 Å². The molecule has 3 rings (SSSR count). The summed E-state index contributed by atoms with van der Waals surface area (Å²) >= 11 is 11.2. The van der Waals surface area contributed by atoms with E-state index in [1.807, 2.05) is 30.3 Å². The van der Waals surface area contributed by atoms with Crippen molar-refractivity contribution in [2.45, 2.75) is 12.2 Å². The molecule has 0 bridgehead atoms. The Morgan fingerprint density at radius 3 is 2.48 bits per heavy atom. The Balaban J connectivity index is 2.09. The Kier molecular flexibility index (Phi) is 4.21. The standard InChI is InChI=1S/C16H12ClF3N2S/c17-11-6-7-13-12(8-11)14(10-4-2-1-3-5-10)21-15(23)22(13)9-16(18,19)20/h1-8,14H,9H2,(H,21,23). The topological polar surface area (TPSA) is 15.3 Å². The van der Waals surface area contributed by atoms with Gasteiger partial charge in [0.2, 0.25) is 0 Å². The number of fused-ring (bicyclic) bond motifs is 1. The summed E-state index contributed by atoms with van der Waals surface area (Å²) in [6.45, 7) is -1.14. The predicted molar refractivity (Wildman–Crippen MR) is 88.9 cm³/mol. The van der Waals surface area contributed by atoms with Crippen LogP contribution in [-0.4, -0.2) is 17.8 Å². The van der Waals surface area contributed by atoms with Crippen molar-refractivity contribution in [1.82, 2.24) is 5.32 Å². The summed E-state index contributed by atoms with van der Waals surface area (Å²) in [7, 11) is 0. The number of anilines is 1. The summed E-state index contributed by atoms with van der Waals surface area (Å²) in [5.74, 6) is 0. The molecule has 0 aromatic heterocycles. The van der Waals surface area contributed by atoms with Crippen LogP contribution in [0.2, 0.25) is 5.02 Å². The number of benzene rings is 2. The van der Waals surface area contributed by atoms with Crippen LogP contribution < -0.4 is 10.2 Å². The van der Waals surface area contributed by atoms with Gasteiger partial charge in [0, 0.05) is 16.3 Å². The number of nitrogens with one attached hydrogen (secondary N) is 1.